The summed E-state index contributed by atoms with van der Waals surface area (Å²) in [5.74, 6) is 0. The highest BCUT2D eigenvalue weighted by molar-refractivity contribution is 6.31. The highest BCUT2D eigenvalue weighted by Gasteiger charge is 2.09. The number of rotatable bonds is 0. The van der Waals surface area contributed by atoms with Crippen LogP contribution in [0.25, 0.3) is 0 Å². The molecule has 0 unspecified atom stereocenters. The molecule has 0 aromatic carbocycles. The predicted molar refractivity (Wildman–Crippen MR) is 55.6 cm³/mol. The second-order valence-electron chi connectivity index (χ2n) is 3.86. The molecule has 66 valence electrons. The largest absolute Gasteiger partial charge is 0.269 e. The number of nitrogens with zero attached hydrogens (tertiary/aromatic N) is 1. The summed E-state index contributed by atoms with van der Waals surface area (Å²) in [6.07, 6.45) is 6.19. The first-order valence-electron chi connectivity index (χ1n) is 5.02. The summed E-state index contributed by atoms with van der Waals surface area (Å²) in [7, 11) is 5.78. The molecular formula is C11H14BN. The van der Waals surface area contributed by atoms with Gasteiger partial charge in [-0.1, -0.05) is 12.5 Å². The molecule has 1 aromatic rings. The third-order valence-corrected chi connectivity index (χ3v) is 2.78. The van der Waals surface area contributed by atoms with E-state index >= 15 is 0 Å². The van der Waals surface area contributed by atoms with Crippen LogP contribution in [-0.2, 0) is 12.8 Å². The SMILES string of the molecule is [B]c1nc2c(cc1C)CCCCC2. The highest BCUT2D eigenvalue weighted by atomic mass is 14.7. The van der Waals surface area contributed by atoms with E-state index in [-0.39, 0.29) is 0 Å². The van der Waals surface area contributed by atoms with E-state index < -0.39 is 0 Å². The highest BCUT2D eigenvalue weighted by Crippen LogP contribution is 2.18. The molecule has 0 saturated heterocycles. The molecule has 2 heteroatoms. The van der Waals surface area contributed by atoms with Crippen molar-refractivity contribution < 1.29 is 0 Å². The molecule has 0 bridgehead atoms. The van der Waals surface area contributed by atoms with Crippen LogP contribution in [0.3, 0.4) is 0 Å². The van der Waals surface area contributed by atoms with Gasteiger partial charge in [0, 0.05) is 5.69 Å². The molecule has 0 atom stereocenters. The number of hydrogen-bond donors (Lipinski definition) is 0. The predicted octanol–water partition coefficient (Wildman–Crippen LogP) is 1.45. The molecule has 1 aliphatic rings. The zero-order valence-corrected chi connectivity index (χ0v) is 8.14. The average Bonchev–Trinajstić information content (AvgIpc) is 2.31. The first-order chi connectivity index (χ1) is 6.27. The molecular weight excluding hydrogens is 157 g/mol. The topological polar surface area (TPSA) is 12.9 Å². The van der Waals surface area contributed by atoms with Crippen molar-refractivity contribution in [2.45, 2.75) is 39.0 Å². The van der Waals surface area contributed by atoms with Crippen LogP contribution in [0.15, 0.2) is 6.07 Å². The number of hydrogen-bond acceptors (Lipinski definition) is 1. The zero-order chi connectivity index (χ0) is 9.26. The van der Waals surface area contributed by atoms with Crippen molar-refractivity contribution >= 4 is 13.4 Å². The maximum atomic E-state index is 5.78. The maximum Gasteiger partial charge on any atom is 0.142 e. The van der Waals surface area contributed by atoms with Gasteiger partial charge in [0.2, 0.25) is 0 Å². The normalized spacial score (nSPS) is 16.4. The molecule has 13 heavy (non-hydrogen) atoms. The number of fused-ring (bicyclic) bond motifs is 1. The van der Waals surface area contributed by atoms with E-state index in [2.05, 4.69) is 11.1 Å². The number of aryl methyl sites for hydroxylation is 3. The van der Waals surface area contributed by atoms with Crippen molar-refractivity contribution in [1.29, 1.82) is 0 Å². The minimum Gasteiger partial charge on any atom is -0.269 e. The van der Waals surface area contributed by atoms with Crippen LogP contribution in [-0.4, -0.2) is 12.8 Å². The van der Waals surface area contributed by atoms with Gasteiger partial charge in [-0.3, -0.25) is 4.98 Å². The first-order valence-corrected chi connectivity index (χ1v) is 5.02. The standard InChI is InChI=1S/C11H14BN/c1-8-7-9-5-3-2-4-6-10(9)13-11(8)12/h7H,2-6H2,1H3. The van der Waals surface area contributed by atoms with Gasteiger partial charge in [-0.25, -0.2) is 0 Å². The van der Waals surface area contributed by atoms with Gasteiger partial charge in [-0.05, 0) is 49.3 Å². The lowest BCUT2D eigenvalue weighted by Crippen LogP contribution is -2.16. The second-order valence-corrected chi connectivity index (χ2v) is 3.86. The van der Waals surface area contributed by atoms with Gasteiger partial charge < -0.3 is 0 Å². The Morgan fingerprint density at radius 2 is 2.00 bits per heavy atom. The van der Waals surface area contributed by atoms with Crippen LogP contribution < -0.4 is 5.59 Å². The minimum atomic E-state index is 0.709. The fraction of sp³-hybridized carbons (Fsp3) is 0.545. The van der Waals surface area contributed by atoms with Crippen molar-refractivity contribution in [1.82, 2.24) is 4.98 Å². The second kappa shape index (κ2) is 3.53. The lowest BCUT2D eigenvalue weighted by molar-refractivity contribution is 0.709. The molecule has 1 aromatic heterocycles. The Hall–Kier alpha value is -0.785. The van der Waals surface area contributed by atoms with E-state index in [4.69, 9.17) is 7.85 Å². The Labute approximate surface area is 81.0 Å². The zero-order valence-electron chi connectivity index (χ0n) is 8.14. The van der Waals surface area contributed by atoms with E-state index in [0.29, 0.717) is 5.59 Å². The first kappa shape index (κ1) is 8.80. The number of aromatic nitrogens is 1. The van der Waals surface area contributed by atoms with Crippen molar-refractivity contribution in [3.8, 4) is 0 Å². The third kappa shape index (κ3) is 1.77. The van der Waals surface area contributed by atoms with E-state index in [1.165, 1.54) is 36.9 Å². The summed E-state index contributed by atoms with van der Waals surface area (Å²) in [4.78, 5) is 4.45. The smallest absolute Gasteiger partial charge is 0.142 e. The summed E-state index contributed by atoms with van der Waals surface area (Å²) >= 11 is 0. The minimum absolute atomic E-state index is 0.709. The van der Waals surface area contributed by atoms with E-state index in [1.807, 2.05) is 6.92 Å². The summed E-state index contributed by atoms with van der Waals surface area (Å²) in [5, 5.41) is 0. The van der Waals surface area contributed by atoms with Gasteiger partial charge in [0.1, 0.15) is 7.85 Å². The Balaban J connectivity index is 2.43. The summed E-state index contributed by atoms with van der Waals surface area (Å²) in [6.45, 7) is 2.04. The van der Waals surface area contributed by atoms with Crippen molar-refractivity contribution in [2.75, 3.05) is 0 Å². The van der Waals surface area contributed by atoms with Gasteiger partial charge in [-0.2, -0.15) is 0 Å². The summed E-state index contributed by atoms with van der Waals surface area (Å²) in [6, 6.07) is 2.21. The van der Waals surface area contributed by atoms with Gasteiger partial charge in [-0.15, -0.1) is 0 Å². The molecule has 0 fully saturated rings. The molecule has 0 amide bonds. The molecule has 1 nitrogen and oxygen atoms in total. The van der Waals surface area contributed by atoms with Crippen LogP contribution >= 0.6 is 0 Å². The van der Waals surface area contributed by atoms with E-state index in [0.717, 1.165) is 12.0 Å². The van der Waals surface area contributed by atoms with Gasteiger partial charge in [0.25, 0.3) is 0 Å². The molecule has 0 saturated carbocycles. The van der Waals surface area contributed by atoms with Crippen LogP contribution in [0, 0.1) is 6.92 Å². The lowest BCUT2D eigenvalue weighted by Gasteiger charge is -2.08. The lowest BCUT2D eigenvalue weighted by atomic mass is 9.95. The molecule has 2 radical (unpaired) electrons. The molecule has 1 heterocycles. The van der Waals surface area contributed by atoms with Gasteiger partial charge >= 0.3 is 0 Å². The summed E-state index contributed by atoms with van der Waals surface area (Å²) < 4.78 is 0. The molecule has 1 aliphatic carbocycles. The fourth-order valence-corrected chi connectivity index (χ4v) is 1.94. The Kier molecular flexibility index (Phi) is 2.39. The Morgan fingerprint density at radius 1 is 1.23 bits per heavy atom. The molecule has 2 rings (SSSR count). The Morgan fingerprint density at radius 3 is 2.85 bits per heavy atom. The third-order valence-electron chi connectivity index (χ3n) is 2.78. The van der Waals surface area contributed by atoms with Crippen LogP contribution in [0.5, 0.6) is 0 Å². The quantitative estimate of drug-likeness (QED) is 0.425. The molecule has 0 N–H and O–H groups in total. The van der Waals surface area contributed by atoms with Crippen molar-refractivity contribution in [2.24, 2.45) is 0 Å². The Bertz CT molecular complexity index is 289. The monoisotopic (exact) mass is 171 g/mol. The van der Waals surface area contributed by atoms with Crippen LogP contribution in [0.4, 0.5) is 0 Å². The average molecular weight is 171 g/mol. The van der Waals surface area contributed by atoms with Crippen LogP contribution in [0.1, 0.15) is 36.1 Å². The maximum absolute atomic E-state index is 5.78. The van der Waals surface area contributed by atoms with E-state index in [9.17, 15) is 0 Å². The van der Waals surface area contributed by atoms with Crippen molar-refractivity contribution in [3.63, 3.8) is 0 Å². The van der Waals surface area contributed by atoms with Gasteiger partial charge in [0.05, 0.1) is 0 Å². The molecule has 0 aliphatic heterocycles. The van der Waals surface area contributed by atoms with E-state index in [1.54, 1.807) is 0 Å². The molecule has 0 spiro atoms. The van der Waals surface area contributed by atoms with Crippen LogP contribution in [0.2, 0.25) is 0 Å². The summed E-state index contributed by atoms with van der Waals surface area (Å²) in [5.41, 5.74) is 4.49. The fourth-order valence-electron chi connectivity index (χ4n) is 1.94. The van der Waals surface area contributed by atoms with Crippen molar-refractivity contribution in [3.05, 3.63) is 22.9 Å². The van der Waals surface area contributed by atoms with Gasteiger partial charge in [0.15, 0.2) is 0 Å². The number of pyridine rings is 1.